The first-order valence-electron chi connectivity index (χ1n) is 8.94. The Morgan fingerprint density at radius 2 is 1.76 bits per heavy atom. The maximum Gasteiger partial charge on any atom is 0.231 e. The van der Waals surface area contributed by atoms with Gasteiger partial charge in [0.15, 0.2) is 16.6 Å². The van der Waals surface area contributed by atoms with Crippen LogP contribution in [0.5, 0.6) is 11.5 Å². The zero-order valence-corrected chi connectivity index (χ0v) is 17.1. The molecule has 4 rings (SSSR count). The molecular formula is C22H19N3O3S. The van der Waals surface area contributed by atoms with E-state index in [-0.39, 0.29) is 5.91 Å². The molecule has 0 saturated heterocycles. The highest BCUT2D eigenvalue weighted by atomic mass is 32.1. The van der Waals surface area contributed by atoms with Gasteiger partial charge >= 0.3 is 0 Å². The van der Waals surface area contributed by atoms with Gasteiger partial charge in [-0.3, -0.25) is 4.79 Å². The number of rotatable bonds is 5. The van der Waals surface area contributed by atoms with Crippen molar-refractivity contribution in [2.24, 2.45) is 0 Å². The lowest BCUT2D eigenvalue weighted by molar-refractivity contribution is -0.115. The van der Waals surface area contributed by atoms with Crippen molar-refractivity contribution in [1.29, 1.82) is 0 Å². The van der Waals surface area contributed by atoms with Crippen LogP contribution in [0.2, 0.25) is 0 Å². The molecule has 6 nitrogen and oxygen atoms in total. The molecule has 0 radical (unpaired) electrons. The number of amides is 1. The van der Waals surface area contributed by atoms with Crippen molar-refractivity contribution in [3.63, 3.8) is 0 Å². The van der Waals surface area contributed by atoms with Crippen molar-refractivity contribution in [2.45, 2.75) is 6.92 Å². The van der Waals surface area contributed by atoms with E-state index in [2.05, 4.69) is 9.97 Å². The van der Waals surface area contributed by atoms with Crippen molar-refractivity contribution in [2.75, 3.05) is 19.1 Å². The minimum atomic E-state index is -0.152. The van der Waals surface area contributed by atoms with Crippen LogP contribution in [0.1, 0.15) is 6.92 Å². The molecule has 0 saturated carbocycles. The Balaban J connectivity index is 1.73. The number of methoxy groups -OCH3 is 2. The summed E-state index contributed by atoms with van der Waals surface area (Å²) in [4.78, 5) is 23.1. The zero-order valence-electron chi connectivity index (χ0n) is 16.2. The van der Waals surface area contributed by atoms with E-state index in [1.165, 1.54) is 23.2 Å². The summed E-state index contributed by atoms with van der Waals surface area (Å²) in [5, 5.41) is 4.50. The minimum absolute atomic E-state index is 0.152. The van der Waals surface area contributed by atoms with E-state index in [9.17, 15) is 4.79 Å². The molecule has 1 amide bonds. The average Bonchev–Trinajstić information content (AvgIpc) is 3.22. The number of ether oxygens (including phenoxy) is 2. The molecule has 0 atom stereocenters. The number of nitrogens with zero attached hydrogens (tertiary/aromatic N) is 3. The first-order chi connectivity index (χ1) is 14.1. The van der Waals surface area contributed by atoms with Crippen LogP contribution in [-0.2, 0) is 4.79 Å². The third-order valence-corrected chi connectivity index (χ3v) is 5.35. The zero-order chi connectivity index (χ0) is 20.4. The molecule has 0 N–H and O–H groups in total. The van der Waals surface area contributed by atoms with E-state index in [1.54, 1.807) is 20.4 Å². The lowest BCUT2D eigenvalue weighted by atomic mass is 10.1. The summed E-state index contributed by atoms with van der Waals surface area (Å²) in [6, 6.07) is 15.4. The Bertz CT molecular complexity index is 1190. The van der Waals surface area contributed by atoms with E-state index in [1.807, 2.05) is 53.9 Å². The Kier molecular flexibility index (Phi) is 5.14. The molecule has 4 aromatic rings. The molecule has 2 aromatic carbocycles. The normalized spacial score (nSPS) is 10.7. The van der Waals surface area contributed by atoms with Crippen molar-refractivity contribution < 1.29 is 14.3 Å². The number of carbonyl (C=O) groups is 1. The predicted molar refractivity (Wildman–Crippen MR) is 115 cm³/mol. The second kappa shape index (κ2) is 7.89. The Morgan fingerprint density at radius 1 is 1.00 bits per heavy atom. The highest BCUT2D eigenvalue weighted by Crippen LogP contribution is 2.36. The minimum Gasteiger partial charge on any atom is -0.493 e. The van der Waals surface area contributed by atoms with Crippen LogP contribution in [0.25, 0.3) is 22.0 Å². The van der Waals surface area contributed by atoms with Crippen molar-refractivity contribution in [3.05, 3.63) is 60.1 Å². The molecule has 29 heavy (non-hydrogen) atoms. The fraction of sp³-hybridized carbons (Fsp3) is 0.136. The van der Waals surface area contributed by atoms with Gasteiger partial charge in [-0.2, -0.15) is 0 Å². The van der Waals surface area contributed by atoms with Crippen molar-refractivity contribution >= 4 is 39.0 Å². The van der Waals surface area contributed by atoms with Gasteiger partial charge < -0.3 is 9.47 Å². The highest BCUT2D eigenvalue weighted by molar-refractivity contribution is 7.14. The Labute approximate surface area is 172 Å². The van der Waals surface area contributed by atoms with E-state index in [0.717, 1.165) is 22.0 Å². The number of benzene rings is 2. The predicted octanol–water partition coefficient (Wildman–Crippen LogP) is 5.06. The number of carbonyl (C=O) groups excluding carboxylic acids is 1. The Hall–Kier alpha value is -3.45. The summed E-state index contributed by atoms with van der Waals surface area (Å²) in [5.41, 5.74) is 1.62. The summed E-state index contributed by atoms with van der Waals surface area (Å²) in [6.07, 6.45) is 1.77. The number of hydrogen-bond acceptors (Lipinski definition) is 6. The maximum atomic E-state index is 12.4. The fourth-order valence-electron chi connectivity index (χ4n) is 3.08. The quantitative estimate of drug-likeness (QED) is 0.464. The molecule has 0 aliphatic rings. The molecule has 0 fully saturated rings. The fourth-order valence-corrected chi connectivity index (χ4v) is 3.97. The van der Waals surface area contributed by atoms with Gasteiger partial charge in [-0.25, -0.2) is 14.9 Å². The lowest BCUT2D eigenvalue weighted by Crippen LogP contribution is -2.23. The van der Waals surface area contributed by atoms with Gasteiger partial charge in [0.2, 0.25) is 5.91 Å². The van der Waals surface area contributed by atoms with Gasteiger partial charge in [-0.05, 0) is 29.7 Å². The molecule has 0 spiro atoms. The second-order valence-electron chi connectivity index (χ2n) is 6.33. The monoisotopic (exact) mass is 405 g/mol. The second-order valence-corrected chi connectivity index (χ2v) is 7.17. The molecule has 2 aromatic heterocycles. The van der Waals surface area contributed by atoms with Crippen LogP contribution < -0.4 is 14.4 Å². The third kappa shape index (κ3) is 3.64. The SMILES string of the molecule is COc1ccc(-c2csc(N(C(C)=O)c3cc4ccccc4cn3)n2)cc1OC. The molecule has 146 valence electrons. The standard InChI is InChI=1S/C22H19N3O3S/c1-14(26)25(21-11-15-6-4-5-7-17(15)12-23-21)22-24-18(13-29-22)16-8-9-19(27-2)20(10-16)28-3/h4-13H,1-3H3. The Morgan fingerprint density at radius 3 is 2.48 bits per heavy atom. The van der Waals surface area contributed by atoms with Crippen LogP contribution in [-0.4, -0.2) is 30.1 Å². The molecular weight excluding hydrogens is 386 g/mol. The van der Waals surface area contributed by atoms with Gasteiger partial charge in [0.25, 0.3) is 0 Å². The topological polar surface area (TPSA) is 64.5 Å². The van der Waals surface area contributed by atoms with Gasteiger partial charge in [0, 0.05) is 29.5 Å². The van der Waals surface area contributed by atoms with E-state index in [0.29, 0.717) is 22.4 Å². The average molecular weight is 405 g/mol. The van der Waals surface area contributed by atoms with E-state index >= 15 is 0 Å². The number of pyridine rings is 1. The van der Waals surface area contributed by atoms with Crippen LogP contribution >= 0.6 is 11.3 Å². The van der Waals surface area contributed by atoms with Crippen molar-refractivity contribution in [1.82, 2.24) is 9.97 Å². The first kappa shape index (κ1) is 18.9. The number of fused-ring (bicyclic) bond motifs is 1. The summed E-state index contributed by atoms with van der Waals surface area (Å²) >= 11 is 1.39. The highest BCUT2D eigenvalue weighted by Gasteiger charge is 2.20. The lowest BCUT2D eigenvalue weighted by Gasteiger charge is -2.17. The van der Waals surface area contributed by atoms with Gasteiger partial charge in [-0.1, -0.05) is 24.3 Å². The summed E-state index contributed by atoms with van der Waals surface area (Å²) in [5.74, 6) is 1.67. The van der Waals surface area contributed by atoms with E-state index in [4.69, 9.17) is 9.47 Å². The molecule has 0 bridgehead atoms. The third-order valence-electron chi connectivity index (χ3n) is 4.52. The number of anilines is 2. The number of hydrogen-bond donors (Lipinski definition) is 0. The largest absolute Gasteiger partial charge is 0.493 e. The van der Waals surface area contributed by atoms with E-state index < -0.39 is 0 Å². The smallest absolute Gasteiger partial charge is 0.231 e. The summed E-state index contributed by atoms with van der Waals surface area (Å²) < 4.78 is 10.7. The van der Waals surface area contributed by atoms with Crippen LogP contribution in [0.4, 0.5) is 10.9 Å². The molecule has 7 heteroatoms. The molecule has 0 unspecified atom stereocenters. The van der Waals surface area contributed by atoms with Gasteiger partial charge in [0.1, 0.15) is 5.82 Å². The van der Waals surface area contributed by atoms with Gasteiger partial charge in [-0.15, -0.1) is 11.3 Å². The maximum absolute atomic E-state index is 12.4. The van der Waals surface area contributed by atoms with Crippen LogP contribution in [0, 0.1) is 0 Å². The van der Waals surface area contributed by atoms with Gasteiger partial charge in [0.05, 0.1) is 19.9 Å². The molecule has 0 aliphatic carbocycles. The molecule has 0 aliphatic heterocycles. The molecule has 2 heterocycles. The van der Waals surface area contributed by atoms with Crippen LogP contribution in [0.3, 0.4) is 0 Å². The summed E-state index contributed by atoms with van der Waals surface area (Å²) in [7, 11) is 3.19. The number of thiazole rings is 1. The first-order valence-corrected chi connectivity index (χ1v) is 9.82. The number of aromatic nitrogens is 2. The summed E-state index contributed by atoms with van der Waals surface area (Å²) in [6.45, 7) is 1.51. The van der Waals surface area contributed by atoms with Crippen LogP contribution in [0.15, 0.2) is 60.1 Å². The van der Waals surface area contributed by atoms with Crippen molar-refractivity contribution in [3.8, 4) is 22.8 Å².